The van der Waals surface area contributed by atoms with Crippen molar-refractivity contribution in [2.24, 2.45) is 22.8 Å². The lowest BCUT2D eigenvalue weighted by molar-refractivity contribution is -0.122. The van der Waals surface area contributed by atoms with E-state index in [9.17, 15) is 4.79 Å². The van der Waals surface area contributed by atoms with Crippen molar-refractivity contribution in [1.29, 1.82) is 0 Å². The monoisotopic (exact) mass is 610 g/mol. The third-order valence-electron chi connectivity index (χ3n) is 8.61. The summed E-state index contributed by atoms with van der Waals surface area (Å²) in [6.45, 7) is 5.83. The first-order valence-corrected chi connectivity index (χ1v) is 15.4. The molecule has 0 saturated carbocycles. The zero-order valence-corrected chi connectivity index (χ0v) is 25.0. The van der Waals surface area contributed by atoms with Crippen LogP contribution in [-0.4, -0.2) is 75.8 Å². The number of nitrogens with one attached hydrogen (secondary N) is 1. The third-order valence-corrected chi connectivity index (χ3v) is 10.1. The van der Waals surface area contributed by atoms with Crippen molar-refractivity contribution >= 4 is 52.7 Å². The molecule has 0 radical (unpaired) electrons. The number of carbonyl (C=O) groups is 1. The van der Waals surface area contributed by atoms with E-state index in [1.165, 1.54) is 11.8 Å². The summed E-state index contributed by atoms with van der Waals surface area (Å²) < 4.78 is 5.85. The summed E-state index contributed by atoms with van der Waals surface area (Å²) in [5, 5.41) is 4.38. The molecular formula is C28H35ClN10O2S. The van der Waals surface area contributed by atoms with Crippen molar-refractivity contribution in [3.05, 3.63) is 41.9 Å². The maximum atomic E-state index is 11.7. The van der Waals surface area contributed by atoms with Crippen molar-refractivity contribution in [1.82, 2.24) is 24.9 Å². The minimum Gasteiger partial charge on any atom is -0.376 e. The van der Waals surface area contributed by atoms with Crippen LogP contribution in [0, 0.1) is 11.3 Å². The fourth-order valence-electron chi connectivity index (χ4n) is 5.97. The molecule has 0 aromatic carbocycles. The molecule has 3 aliphatic rings. The van der Waals surface area contributed by atoms with E-state index in [0.29, 0.717) is 29.2 Å². The Morgan fingerprint density at radius 2 is 1.93 bits per heavy atom. The number of anilines is 4. The Morgan fingerprint density at radius 1 is 1.12 bits per heavy atom. The molecule has 3 aliphatic heterocycles. The summed E-state index contributed by atoms with van der Waals surface area (Å²) in [6, 6.07) is 3.67. The molecule has 3 atom stereocenters. The highest BCUT2D eigenvalue weighted by Crippen LogP contribution is 2.42. The Hall–Kier alpha value is -3.26. The molecule has 0 bridgehead atoms. The summed E-state index contributed by atoms with van der Waals surface area (Å²) in [5.41, 5.74) is 12.1. The van der Waals surface area contributed by atoms with Gasteiger partial charge in [0.05, 0.1) is 36.0 Å². The second-order valence-electron chi connectivity index (χ2n) is 11.2. The molecule has 14 heteroatoms. The van der Waals surface area contributed by atoms with Gasteiger partial charge in [0, 0.05) is 54.9 Å². The predicted octanol–water partition coefficient (Wildman–Crippen LogP) is 3.24. The number of nitrogens with two attached hydrogens (primary N) is 2. The molecule has 6 heterocycles. The number of aromatic nitrogens is 5. The van der Waals surface area contributed by atoms with Gasteiger partial charge in [0.15, 0.2) is 5.82 Å². The average molecular weight is 611 g/mol. The van der Waals surface area contributed by atoms with E-state index in [1.54, 1.807) is 24.7 Å². The first-order valence-electron chi connectivity index (χ1n) is 14.2. The quantitative estimate of drug-likeness (QED) is 0.359. The van der Waals surface area contributed by atoms with Crippen LogP contribution in [0.3, 0.4) is 0 Å². The van der Waals surface area contributed by atoms with Gasteiger partial charge in [-0.2, -0.15) is 4.98 Å². The van der Waals surface area contributed by atoms with Gasteiger partial charge in [-0.15, -0.1) is 0 Å². The van der Waals surface area contributed by atoms with Crippen LogP contribution in [0.1, 0.15) is 32.6 Å². The molecule has 6 rings (SSSR count). The third kappa shape index (κ3) is 5.96. The maximum Gasteiger partial charge on any atom is 0.227 e. The molecule has 1 amide bonds. The summed E-state index contributed by atoms with van der Waals surface area (Å²) in [5.74, 6) is 1.90. The molecule has 0 aliphatic carbocycles. The molecule has 0 unspecified atom stereocenters. The molecular weight excluding hydrogens is 576 g/mol. The van der Waals surface area contributed by atoms with Gasteiger partial charge in [0.1, 0.15) is 16.7 Å². The minimum absolute atomic E-state index is 0.0673. The van der Waals surface area contributed by atoms with Crippen LogP contribution in [0.2, 0.25) is 5.02 Å². The lowest BCUT2D eigenvalue weighted by Crippen LogP contribution is -2.50. The number of primary amides is 1. The van der Waals surface area contributed by atoms with Crippen molar-refractivity contribution in [3.8, 4) is 0 Å². The molecule has 5 N–H and O–H groups in total. The van der Waals surface area contributed by atoms with Gasteiger partial charge in [0.2, 0.25) is 11.9 Å². The Labute approximate surface area is 254 Å². The van der Waals surface area contributed by atoms with Gasteiger partial charge in [-0.25, -0.2) is 19.9 Å². The second-order valence-corrected chi connectivity index (χ2v) is 12.7. The van der Waals surface area contributed by atoms with Gasteiger partial charge < -0.3 is 31.3 Å². The number of carbonyl (C=O) groups excluding carboxylic acids is 1. The van der Waals surface area contributed by atoms with Crippen LogP contribution in [0.15, 0.2) is 46.8 Å². The van der Waals surface area contributed by atoms with E-state index in [1.807, 2.05) is 17.2 Å². The SMILES string of the molecule is C[C@@H]1OCC2(CCN(c3cnc(Sc4ccnc(Nc5ccnc(N6CCC[C@H](C(N)=O)C6)n5)c4Cl)cn3)CC2)[C@@H]1N. The summed E-state index contributed by atoms with van der Waals surface area (Å²) in [7, 11) is 0. The van der Waals surface area contributed by atoms with E-state index in [2.05, 4.69) is 37.1 Å². The normalized spacial score (nSPS) is 23.7. The number of nitrogens with zero attached hydrogens (tertiary/aromatic N) is 7. The van der Waals surface area contributed by atoms with Crippen molar-refractivity contribution in [3.63, 3.8) is 0 Å². The van der Waals surface area contributed by atoms with E-state index >= 15 is 0 Å². The van der Waals surface area contributed by atoms with Crippen molar-refractivity contribution in [2.45, 2.75) is 54.7 Å². The zero-order chi connectivity index (χ0) is 29.3. The minimum atomic E-state index is -0.294. The van der Waals surface area contributed by atoms with Gasteiger partial charge in [-0.05, 0) is 44.7 Å². The fraction of sp³-hybridized carbons (Fsp3) is 0.500. The zero-order valence-electron chi connectivity index (χ0n) is 23.4. The highest BCUT2D eigenvalue weighted by atomic mass is 35.5. The number of ether oxygens (including phenoxy) is 1. The number of hydrogen-bond donors (Lipinski definition) is 3. The topological polar surface area (TPSA) is 161 Å². The van der Waals surface area contributed by atoms with Gasteiger partial charge in [-0.1, -0.05) is 23.4 Å². The Balaban J connectivity index is 1.09. The molecule has 3 aromatic heterocycles. The van der Waals surface area contributed by atoms with E-state index in [-0.39, 0.29) is 29.4 Å². The average Bonchev–Trinajstić information content (AvgIpc) is 3.28. The first kappa shape index (κ1) is 28.8. The van der Waals surface area contributed by atoms with Crippen LogP contribution in [0.4, 0.5) is 23.4 Å². The van der Waals surface area contributed by atoms with Crippen molar-refractivity contribution < 1.29 is 9.53 Å². The summed E-state index contributed by atoms with van der Waals surface area (Å²) >= 11 is 8.17. The number of piperidine rings is 2. The van der Waals surface area contributed by atoms with Crippen LogP contribution < -0.4 is 26.6 Å². The maximum absolute atomic E-state index is 11.7. The van der Waals surface area contributed by atoms with E-state index in [4.69, 9.17) is 32.8 Å². The second kappa shape index (κ2) is 12.2. The Kier molecular flexibility index (Phi) is 8.35. The van der Waals surface area contributed by atoms with Crippen LogP contribution in [0.25, 0.3) is 0 Å². The largest absolute Gasteiger partial charge is 0.376 e. The molecule has 222 valence electrons. The predicted molar refractivity (Wildman–Crippen MR) is 162 cm³/mol. The first-order chi connectivity index (χ1) is 20.3. The van der Waals surface area contributed by atoms with Gasteiger partial charge >= 0.3 is 0 Å². The lowest BCUT2D eigenvalue weighted by Gasteiger charge is -2.41. The number of hydrogen-bond acceptors (Lipinski definition) is 12. The molecule has 3 saturated heterocycles. The summed E-state index contributed by atoms with van der Waals surface area (Å²) in [6.07, 6.45) is 10.7. The van der Waals surface area contributed by atoms with Gasteiger partial charge in [-0.3, -0.25) is 4.79 Å². The summed E-state index contributed by atoms with van der Waals surface area (Å²) in [4.78, 5) is 39.5. The van der Waals surface area contributed by atoms with Crippen molar-refractivity contribution in [2.75, 3.05) is 47.9 Å². The molecule has 12 nitrogen and oxygen atoms in total. The van der Waals surface area contributed by atoms with Crippen LogP contribution in [0.5, 0.6) is 0 Å². The van der Waals surface area contributed by atoms with Crippen LogP contribution >= 0.6 is 23.4 Å². The fourth-order valence-corrected chi connectivity index (χ4v) is 6.99. The Morgan fingerprint density at radius 3 is 2.64 bits per heavy atom. The molecule has 3 aromatic rings. The number of amides is 1. The highest BCUT2D eigenvalue weighted by Gasteiger charge is 2.47. The van der Waals surface area contributed by atoms with Gasteiger partial charge in [0.25, 0.3) is 0 Å². The smallest absolute Gasteiger partial charge is 0.227 e. The van der Waals surface area contributed by atoms with E-state index in [0.717, 1.165) is 67.7 Å². The molecule has 42 heavy (non-hydrogen) atoms. The number of halogens is 1. The standard InChI is InChI=1S/C28H35ClN10O2S/c1-17-24(30)28(16-41-17)6-11-38(12-7-28)21-13-35-22(14-34-21)42-19-4-8-32-26(23(19)29)36-20-5-9-33-27(37-20)39-10-2-3-18(15-39)25(31)40/h4-5,8-9,13-14,17-18,24H,2-3,6-7,10-12,15-16,30H2,1H3,(H2,31,40)(H,32,33,36,37)/t17-,18-,24+/m0/s1. The number of rotatable bonds is 7. The molecule has 1 spiro atoms. The van der Waals surface area contributed by atoms with E-state index < -0.39 is 0 Å². The Bertz CT molecular complexity index is 1420. The van der Waals surface area contributed by atoms with Crippen LogP contribution in [-0.2, 0) is 9.53 Å². The molecule has 3 fully saturated rings. The number of pyridine rings is 1. The highest BCUT2D eigenvalue weighted by molar-refractivity contribution is 7.99. The lowest BCUT2D eigenvalue weighted by atomic mass is 9.73.